The summed E-state index contributed by atoms with van der Waals surface area (Å²) in [7, 11) is 2.95. The Kier molecular flexibility index (Phi) is 6.10. The molecule has 1 N–H and O–H groups in total. The minimum Gasteiger partial charge on any atom is -0.494 e. The summed E-state index contributed by atoms with van der Waals surface area (Å²) in [5.41, 5.74) is 0.402. The van der Waals surface area contributed by atoms with Crippen LogP contribution in [0.2, 0.25) is 0 Å². The zero-order valence-electron chi connectivity index (χ0n) is 10.4. The van der Waals surface area contributed by atoms with Gasteiger partial charge in [-0.1, -0.05) is 0 Å². The lowest BCUT2D eigenvalue weighted by atomic mass is 10.3. The molecule has 0 radical (unpaired) electrons. The molecule has 1 rings (SSSR count). The zero-order valence-corrected chi connectivity index (χ0v) is 10.4. The molecule has 1 amide bonds. The van der Waals surface area contributed by atoms with Crippen molar-refractivity contribution in [3.8, 4) is 5.75 Å². The van der Waals surface area contributed by atoms with E-state index in [1.54, 1.807) is 7.11 Å². The van der Waals surface area contributed by atoms with Gasteiger partial charge in [0.1, 0.15) is 18.2 Å². The Bertz CT molecular complexity index is 398. The van der Waals surface area contributed by atoms with Crippen LogP contribution in [-0.4, -0.2) is 39.9 Å². The minimum atomic E-state index is -0.429. The van der Waals surface area contributed by atoms with Crippen molar-refractivity contribution >= 4 is 11.6 Å². The molecule has 0 bridgehead atoms. The van der Waals surface area contributed by atoms with Gasteiger partial charge >= 0.3 is 0 Å². The third kappa shape index (κ3) is 4.68. The summed E-state index contributed by atoms with van der Waals surface area (Å²) in [6, 6.07) is 3.87. The van der Waals surface area contributed by atoms with E-state index in [0.29, 0.717) is 18.9 Å². The van der Waals surface area contributed by atoms with Crippen LogP contribution in [0.15, 0.2) is 18.2 Å². The summed E-state index contributed by atoms with van der Waals surface area (Å²) in [5, 5.41) is 2.57. The number of halogens is 1. The molecule has 5 nitrogen and oxygen atoms in total. The molecule has 0 aliphatic carbocycles. The summed E-state index contributed by atoms with van der Waals surface area (Å²) < 4.78 is 27.7. The summed E-state index contributed by atoms with van der Waals surface area (Å²) in [4.78, 5) is 11.5. The van der Waals surface area contributed by atoms with Crippen LogP contribution in [0.3, 0.4) is 0 Å². The first-order valence-electron chi connectivity index (χ1n) is 5.37. The number of ether oxygens (including phenoxy) is 3. The fourth-order valence-electron chi connectivity index (χ4n) is 1.26. The van der Waals surface area contributed by atoms with Crippen molar-refractivity contribution in [1.29, 1.82) is 0 Å². The lowest BCUT2D eigenvalue weighted by Crippen LogP contribution is -2.20. The number of methoxy groups -OCH3 is 2. The van der Waals surface area contributed by atoms with E-state index in [1.807, 2.05) is 0 Å². The van der Waals surface area contributed by atoms with Crippen molar-refractivity contribution in [2.45, 2.75) is 0 Å². The molecule has 1 aromatic carbocycles. The van der Waals surface area contributed by atoms with Gasteiger partial charge in [-0.2, -0.15) is 0 Å². The highest BCUT2D eigenvalue weighted by molar-refractivity contribution is 5.93. The van der Waals surface area contributed by atoms with Gasteiger partial charge in [0.2, 0.25) is 5.91 Å². The lowest BCUT2D eigenvalue weighted by molar-refractivity contribution is -0.121. The van der Waals surface area contributed by atoms with E-state index in [9.17, 15) is 9.18 Å². The van der Waals surface area contributed by atoms with Gasteiger partial charge in [0.05, 0.1) is 26.0 Å². The fourth-order valence-corrected chi connectivity index (χ4v) is 1.26. The molecule has 0 unspecified atom stereocenters. The number of hydrogen-bond donors (Lipinski definition) is 1. The molecule has 0 aliphatic heterocycles. The predicted octanol–water partition coefficient (Wildman–Crippen LogP) is 1.44. The molecule has 0 heterocycles. The van der Waals surface area contributed by atoms with Crippen LogP contribution in [0.4, 0.5) is 10.1 Å². The van der Waals surface area contributed by atoms with Gasteiger partial charge in [0.15, 0.2) is 0 Å². The van der Waals surface area contributed by atoms with Crippen molar-refractivity contribution in [3.05, 3.63) is 24.0 Å². The highest BCUT2D eigenvalue weighted by atomic mass is 19.1. The summed E-state index contributed by atoms with van der Waals surface area (Å²) in [6.07, 6.45) is 0. The van der Waals surface area contributed by atoms with Crippen molar-refractivity contribution < 1.29 is 23.4 Å². The Morgan fingerprint density at radius 2 is 2.11 bits per heavy atom. The third-order valence-electron chi connectivity index (χ3n) is 2.10. The summed E-state index contributed by atoms with van der Waals surface area (Å²) >= 11 is 0. The Balaban J connectivity index is 2.48. The molecule has 0 aliphatic rings. The SMILES string of the molecule is COCCOCC(=O)Nc1ccc(F)cc1OC. The topological polar surface area (TPSA) is 56.8 Å². The lowest BCUT2D eigenvalue weighted by Gasteiger charge is -2.10. The van der Waals surface area contributed by atoms with E-state index >= 15 is 0 Å². The maximum Gasteiger partial charge on any atom is 0.250 e. The second kappa shape index (κ2) is 7.62. The van der Waals surface area contributed by atoms with Gasteiger partial charge in [-0.05, 0) is 12.1 Å². The molecular formula is C12H16FNO4. The summed E-state index contributed by atoms with van der Waals surface area (Å²) in [5.74, 6) is -0.502. The number of benzene rings is 1. The number of nitrogens with one attached hydrogen (secondary N) is 1. The first kappa shape index (κ1) is 14.4. The van der Waals surface area contributed by atoms with Gasteiger partial charge in [-0.15, -0.1) is 0 Å². The third-order valence-corrected chi connectivity index (χ3v) is 2.10. The van der Waals surface area contributed by atoms with Gasteiger partial charge in [-0.25, -0.2) is 4.39 Å². The Labute approximate surface area is 105 Å². The Morgan fingerprint density at radius 1 is 1.33 bits per heavy atom. The Morgan fingerprint density at radius 3 is 2.78 bits per heavy atom. The molecule has 1 aromatic rings. The second-order valence-electron chi connectivity index (χ2n) is 3.44. The van der Waals surface area contributed by atoms with E-state index in [-0.39, 0.29) is 18.3 Å². The molecule has 0 spiro atoms. The molecular weight excluding hydrogens is 241 g/mol. The second-order valence-corrected chi connectivity index (χ2v) is 3.44. The number of rotatable bonds is 7. The van der Waals surface area contributed by atoms with Crippen LogP contribution in [-0.2, 0) is 14.3 Å². The highest BCUT2D eigenvalue weighted by Gasteiger charge is 2.08. The number of carbonyl (C=O) groups is 1. The number of anilines is 1. The first-order chi connectivity index (χ1) is 8.67. The van der Waals surface area contributed by atoms with Gasteiger partial charge in [0.25, 0.3) is 0 Å². The van der Waals surface area contributed by atoms with Gasteiger partial charge < -0.3 is 19.5 Å². The minimum absolute atomic E-state index is 0.0934. The zero-order chi connectivity index (χ0) is 13.4. The fraction of sp³-hybridized carbons (Fsp3) is 0.417. The van der Waals surface area contributed by atoms with Crippen LogP contribution in [0.5, 0.6) is 5.75 Å². The van der Waals surface area contributed by atoms with Gasteiger partial charge in [-0.3, -0.25) is 4.79 Å². The van der Waals surface area contributed by atoms with E-state index < -0.39 is 5.82 Å². The average molecular weight is 257 g/mol. The maximum absolute atomic E-state index is 12.9. The molecule has 100 valence electrons. The highest BCUT2D eigenvalue weighted by Crippen LogP contribution is 2.24. The van der Waals surface area contributed by atoms with Crippen LogP contribution in [0.1, 0.15) is 0 Å². The number of carbonyl (C=O) groups excluding carboxylic acids is 1. The molecule has 0 aromatic heterocycles. The van der Waals surface area contributed by atoms with E-state index in [2.05, 4.69) is 5.32 Å². The molecule has 0 saturated heterocycles. The number of hydrogen-bond acceptors (Lipinski definition) is 4. The molecule has 6 heteroatoms. The normalized spacial score (nSPS) is 10.2. The van der Waals surface area contributed by atoms with Gasteiger partial charge in [0, 0.05) is 13.2 Å². The van der Waals surface area contributed by atoms with Crippen LogP contribution < -0.4 is 10.1 Å². The van der Waals surface area contributed by atoms with Crippen LogP contribution in [0.25, 0.3) is 0 Å². The first-order valence-corrected chi connectivity index (χ1v) is 5.37. The van der Waals surface area contributed by atoms with Crippen molar-refractivity contribution in [2.75, 3.05) is 39.4 Å². The van der Waals surface area contributed by atoms with Crippen molar-refractivity contribution in [1.82, 2.24) is 0 Å². The molecule has 0 saturated carbocycles. The maximum atomic E-state index is 12.9. The summed E-state index contributed by atoms with van der Waals surface area (Å²) in [6.45, 7) is 0.668. The van der Waals surface area contributed by atoms with Crippen LogP contribution >= 0.6 is 0 Å². The van der Waals surface area contributed by atoms with Crippen molar-refractivity contribution in [2.24, 2.45) is 0 Å². The van der Waals surface area contributed by atoms with Crippen LogP contribution in [0, 0.1) is 5.82 Å². The van der Waals surface area contributed by atoms with E-state index in [1.165, 1.54) is 25.3 Å². The largest absolute Gasteiger partial charge is 0.494 e. The van der Waals surface area contributed by atoms with E-state index in [4.69, 9.17) is 14.2 Å². The monoisotopic (exact) mass is 257 g/mol. The quantitative estimate of drug-likeness (QED) is 0.751. The predicted molar refractivity (Wildman–Crippen MR) is 64.3 cm³/mol. The molecule has 18 heavy (non-hydrogen) atoms. The Hall–Kier alpha value is -1.66. The molecule has 0 fully saturated rings. The van der Waals surface area contributed by atoms with E-state index in [0.717, 1.165) is 0 Å². The van der Waals surface area contributed by atoms with Crippen molar-refractivity contribution in [3.63, 3.8) is 0 Å². The number of amides is 1. The average Bonchev–Trinajstić information content (AvgIpc) is 2.37. The smallest absolute Gasteiger partial charge is 0.250 e. The molecule has 0 atom stereocenters. The standard InChI is InChI=1S/C12H16FNO4/c1-16-5-6-18-8-12(15)14-10-4-3-9(13)7-11(10)17-2/h3-4,7H,5-6,8H2,1-2H3,(H,14,15).